The first-order valence-corrected chi connectivity index (χ1v) is 7.86. The topological polar surface area (TPSA) is 93.8 Å². The fraction of sp³-hybridized carbons (Fsp3) is 0.444. The molecule has 1 fully saturated rings. The van der Waals surface area contributed by atoms with E-state index < -0.39 is 17.6 Å². The molecule has 1 N–H and O–H groups in total. The molecular weight excluding hydrogens is 290 g/mol. The quantitative estimate of drug-likeness (QED) is 0.668. The molecule has 1 aliphatic carbocycles. The summed E-state index contributed by atoms with van der Waals surface area (Å²) >= 11 is 0. The van der Waals surface area contributed by atoms with Gasteiger partial charge in [-0.15, -0.1) is 0 Å². The van der Waals surface area contributed by atoms with Crippen LogP contribution in [-0.2, 0) is 11.2 Å². The van der Waals surface area contributed by atoms with Gasteiger partial charge in [0.1, 0.15) is 0 Å². The lowest BCUT2D eigenvalue weighted by atomic mass is 9.93. The van der Waals surface area contributed by atoms with Crippen LogP contribution in [0.15, 0.2) is 24.3 Å². The van der Waals surface area contributed by atoms with Gasteiger partial charge in [-0.2, -0.15) is 10.5 Å². The third-order valence-electron chi connectivity index (χ3n) is 4.10. The van der Waals surface area contributed by atoms with E-state index in [1.807, 2.05) is 12.1 Å². The highest BCUT2D eigenvalue weighted by molar-refractivity contribution is 6.12. The van der Waals surface area contributed by atoms with E-state index in [0.717, 1.165) is 25.7 Å². The minimum atomic E-state index is -1.34. The number of ketones is 1. The molecule has 2 rings (SSSR count). The second-order valence-corrected chi connectivity index (χ2v) is 5.81. The predicted octanol–water partition coefficient (Wildman–Crippen LogP) is 2.52. The van der Waals surface area contributed by atoms with E-state index in [9.17, 15) is 14.9 Å². The summed E-state index contributed by atoms with van der Waals surface area (Å²) in [5.74, 6) is -2.37. The fourth-order valence-electron chi connectivity index (χ4n) is 2.86. The van der Waals surface area contributed by atoms with Crippen molar-refractivity contribution in [3.8, 4) is 12.1 Å². The molecule has 0 heterocycles. The summed E-state index contributed by atoms with van der Waals surface area (Å²) in [7, 11) is 0. The number of carbonyl (C=O) groups is 2. The Hall–Kier alpha value is -2.66. The van der Waals surface area contributed by atoms with Crippen LogP contribution < -0.4 is 5.32 Å². The van der Waals surface area contributed by atoms with Crippen molar-refractivity contribution in [2.75, 3.05) is 0 Å². The van der Waals surface area contributed by atoms with Crippen LogP contribution >= 0.6 is 0 Å². The normalized spacial score (nSPS) is 15.9. The Kier molecular flexibility index (Phi) is 5.88. The maximum Gasteiger partial charge on any atom is 0.245 e. The molecule has 0 aromatic heterocycles. The van der Waals surface area contributed by atoms with E-state index in [0.29, 0.717) is 11.1 Å². The van der Waals surface area contributed by atoms with Crippen LogP contribution in [0.4, 0.5) is 0 Å². The lowest BCUT2D eigenvalue weighted by molar-refractivity contribution is -0.123. The molecule has 1 unspecified atom stereocenters. The zero-order valence-electron chi connectivity index (χ0n) is 12.9. The van der Waals surface area contributed by atoms with Crippen molar-refractivity contribution in [2.24, 2.45) is 5.92 Å². The molecule has 1 saturated carbocycles. The number of benzene rings is 1. The Bertz CT molecular complexity index is 664. The predicted molar refractivity (Wildman–Crippen MR) is 84.2 cm³/mol. The van der Waals surface area contributed by atoms with E-state index in [1.165, 1.54) is 6.42 Å². The fourth-order valence-corrected chi connectivity index (χ4v) is 2.86. The van der Waals surface area contributed by atoms with Gasteiger partial charge in [-0.1, -0.05) is 37.5 Å². The van der Waals surface area contributed by atoms with Gasteiger partial charge >= 0.3 is 0 Å². The van der Waals surface area contributed by atoms with E-state index in [-0.39, 0.29) is 12.5 Å². The number of nitrogens with one attached hydrogen (secondary N) is 1. The first-order chi connectivity index (χ1) is 11.2. The first-order valence-electron chi connectivity index (χ1n) is 7.86. The Morgan fingerprint density at radius 2 is 1.96 bits per heavy atom. The molecule has 1 aromatic carbocycles. The van der Waals surface area contributed by atoms with Crippen LogP contribution in [0.5, 0.6) is 0 Å². The monoisotopic (exact) mass is 309 g/mol. The molecule has 0 spiro atoms. The standard InChI is InChI=1S/C18H19N3O2/c19-10-9-13-5-4-6-14(11-13)17(22)16(12-20)18(23)21-15-7-2-1-3-8-15/h4-6,11,15-16H,1-3,7-9H2,(H,21,23). The second kappa shape index (κ2) is 8.10. The van der Waals surface area contributed by atoms with Crippen molar-refractivity contribution in [2.45, 2.75) is 44.6 Å². The number of nitriles is 2. The molecule has 0 radical (unpaired) electrons. The van der Waals surface area contributed by atoms with Crippen LogP contribution in [0.2, 0.25) is 0 Å². The molecule has 0 saturated heterocycles. The number of rotatable bonds is 5. The Morgan fingerprint density at radius 3 is 2.61 bits per heavy atom. The number of hydrogen-bond acceptors (Lipinski definition) is 4. The lowest BCUT2D eigenvalue weighted by Crippen LogP contribution is -2.42. The van der Waals surface area contributed by atoms with Gasteiger partial charge in [0, 0.05) is 11.6 Å². The smallest absolute Gasteiger partial charge is 0.245 e. The molecule has 1 aromatic rings. The van der Waals surface area contributed by atoms with Gasteiger partial charge in [-0.25, -0.2) is 0 Å². The van der Waals surface area contributed by atoms with E-state index in [1.54, 1.807) is 24.3 Å². The number of nitrogens with zero attached hydrogens (tertiary/aromatic N) is 2. The van der Waals surface area contributed by atoms with Crippen molar-refractivity contribution in [1.82, 2.24) is 5.32 Å². The van der Waals surface area contributed by atoms with Crippen LogP contribution in [0.3, 0.4) is 0 Å². The summed E-state index contributed by atoms with van der Waals surface area (Å²) in [5, 5.41) is 20.8. The van der Waals surface area contributed by atoms with Gasteiger partial charge in [0.05, 0.1) is 18.6 Å². The van der Waals surface area contributed by atoms with Crippen LogP contribution in [-0.4, -0.2) is 17.7 Å². The van der Waals surface area contributed by atoms with Crippen LogP contribution in [0.1, 0.15) is 48.0 Å². The maximum atomic E-state index is 12.4. The van der Waals surface area contributed by atoms with Gasteiger partial charge in [-0.3, -0.25) is 9.59 Å². The molecular formula is C18H19N3O2. The average Bonchev–Trinajstić information content (AvgIpc) is 2.57. The third-order valence-corrected chi connectivity index (χ3v) is 4.10. The largest absolute Gasteiger partial charge is 0.352 e. The highest BCUT2D eigenvalue weighted by atomic mass is 16.2. The summed E-state index contributed by atoms with van der Waals surface area (Å²) in [5.41, 5.74) is 0.992. The van der Waals surface area contributed by atoms with Gasteiger partial charge in [0.2, 0.25) is 5.91 Å². The minimum absolute atomic E-state index is 0.0600. The maximum absolute atomic E-state index is 12.4. The summed E-state index contributed by atoms with van der Waals surface area (Å²) in [6, 6.07) is 10.4. The summed E-state index contributed by atoms with van der Waals surface area (Å²) < 4.78 is 0. The number of hydrogen-bond donors (Lipinski definition) is 1. The van der Waals surface area contributed by atoms with Gasteiger partial charge < -0.3 is 5.32 Å². The molecule has 23 heavy (non-hydrogen) atoms. The molecule has 5 heteroatoms. The van der Waals surface area contributed by atoms with Crippen molar-refractivity contribution < 1.29 is 9.59 Å². The lowest BCUT2D eigenvalue weighted by Gasteiger charge is -2.23. The van der Waals surface area contributed by atoms with Gasteiger partial charge in [-0.05, 0) is 24.5 Å². The van der Waals surface area contributed by atoms with E-state index >= 15 is 0 Å². The molecule has 1 aliphatic rings. The van der Waals surface area contributed by atoms with Gasteiger partial charge in [0.15, 0.2) is 11.7 Å². The summed E-state index contributed by atoms with van der Waals surface area (Å²) in [6.07, 6.45) is 5.27. The molecule has 1 amide bonds. The second-order valence-electron chi connectivity index (χ2n) is 5.81. The molecule has 5 nitrogen and oxygen atoms in total. The zero-order valence-corrected chi connectivity index (χ0v) is 12.9. The third kappa shape index (κ3) is 4.40. The van der Waals surface area contributed by atoms with Crippen molar-refractivity contribution in [3.05, 3.63) is 35.4 Å². The summed E-state index contributed by atoms with van der Waals surface area (Å²) in [6.45, 7) is 0. The summed E-state index contributed by atoms with van der Waals surface area (Å²) in [4.78, 5) is 24.7. The average molecular weight is 309 g/mol. The Balaban J connectivity index is 2.08. The van der Waals surface area contributed by atoms with Crippen LogP contribution in [0, 0.1) is 28.6 Å². The van der Waals surface area contributed by atoms with Crippen molar-refractivity contribution in [1.29, 1.82) is 10.5 Å². The van der Waals surface area contributed by atoms with Crippen LogP contribution in [0.25, 0.3) is 0 Å². The first kappa shape index (κ1) is 16.7. The van der Waals surface area contributed by atoms with E-state index in [4.69, 9.17) is 5.26 Å². The Morgan fingerprint density at radius 1 is 1.22 bits per heavy atom. The molecule has 0 bridgehead atoms. The SMILES string of the molecule is N#CCc1cccc(C(=O)C(C#N)C(=O)NC2CCCCC2)c1. The number of carbonyl (C=O) groups excluding carboxylic acids is 2. The van der Waals surface area contributed by atoms with Crippen molar-refractivity contribution in [3.63, 3.8) is 0 Å². The zero-order chi connectivity index (χ0) is 16.7. The van der Waals surface area contributed by atoms with Gasteiger partial charge in [0.25, 0.3) is 0 Å². The highest BCUT2D eigenvalue weighted by Gasteiger charge is 2.29. The number of amides is 1. The molecule has 118 valence electrons. The van der Waals surface area contributed by atoms with E-state index in [2.05, 4.69) is 5.32 Å². The highest BCUT2D eigenvalue weighted by Crippen LogP contribution is 2.18. The number of Topliss-reactive ketones (excluding diaryl/α,β-unsaturated/α-hetero) is 1. The minimum Gasteiger partial charge on any atom is -0.352 e. The molecule has 0 aliphatic heterocycles. The molecule has 1 atom stereocenters. The Labute approximate surface area is 135 Å². The van der Waals surface area contributed by atoms with Crippen molar-refractivity contribution >= 4 is 11.7 Å².